The molecule has 11 heavy (non-hydrogen) atoms. The van der Waals surface area contributed by atoms with E-state index < -0.39 is 0 Å². The summed E-state index contributed by atoms with van der Waals surface area (Å²) in [6, 6.07) is 0. The monoisotopic (exact) mass is 172 g/mol. The predicted molar refractivity (Wildman–Crippen MR) is 44.8 cm³/mol. The van der Waals surface area contributed by atoms with Gasteiger partial charge in [-0.2, -0.15) is 0 Å². The number of thioether (sulfide) groups is 1. The van der Waals surface area contributed by atoms with Crippen LogP contribution >= 0.6 is 11.8 Å². The van der Waals surface area contributed by atoms with Gasteiger partial charge in [0.25, 0.3) is 5.22 Å². The molecule has 1 unspecified atom stereocenters. The largest absolute Gasteiger partial charge is 0.416 e. The molecule has 0 saturated carbocycles. The van der Waals surface area contributed by atoms with Crippen LogP contribution in [0.3, 0.4) is 0 Å². The Morgan fingerprint density at radius 2 is 2.27 bits per heavy atom. The van der Waals surface area contributed by atoms with Crippen LogP contribution in [0.15, 0.2) is 9.64 Å². The van der Waals surface area contributed by atoms with Gasteiger partial charge in [0, 0.05) is 5.92 Å². The van der Waals surface area contributed by atoms with Crippen molar-refractivity contribution in [2.75, 3.05) is 6.26 Å². The Bertz CT molecular complexity index is 224. The standard InChI is InChI=1S/C7H12N2OS/c1-4-5(2)6-8-9-7(10-6)11-3/h5H,4H2,1-3H3. The molecule has 0 aliphatic rings. The summed E-state index contributed by atoms with van der Waals surface area (Å²) in [6.45, 7) is 4.19. The highest BCUT2D eigenvalue weighted by Crippen LogP contribution is 2.20. The molecule has 62 valence electrons. The van der Waals surface area contributed by atoms with Crippen molar-refractivity contribution in [3.8, 4) is 0 Å². The predicted octanol–water partition coefficient (Wildman–Crippen LogP) is 2.31. The van der Waals surface area contributed by atoms with Gasteiger partial charge in [-0.05, 0) is 12.7 Å². The average molecular weight is 172 g/mol. The molecule has 3 nitrogen and oxygen atoms in total. The van der Waals surface area contributed by atoms with Gasteiger partial charge in [-0.15, -0.1) is 10.2 Å². The van der Waals surface area contributed by atoms with E-state index in [4.69, 9.17) is 4.42 Å². The lowest BCUT2D eigenvalue weighted by Gasteiger charge is -1.98. The van der Waals surface area contributed by atoms with E-state index in [2.05, 4.69) is 24.0 Å². The van der Waals surface area contributed by atoms with E-state index in [9.17, 15) is 0 Å². The minimum absolute atomic E-state index is 0.378. The molecule has 0 radical (unpaired) electrons. The fourth-order valence-corrected chi connectivity index (χ4v) is 0.968. The van der Waals surface area contributed by atoms with Gasteiger partial charge in [0.2, 0.25) is 5.89 Å². The minimum atomic E-state index is 0.378. The summed E-state index contributed by atoms with van der Waals surface area (Å²) in [5.41, 5.74) is 0. The Labute approximate surface area is 70.6 Å². The molecular formula is C7H12N2OS. The van der Waals surface area contributed by atoms with E-state index in [0.29, 0.717) is 11.1 Å². The first-order chi connectivity index (χ1) is 5.27. The normalized spacial score (nSPS) is 13.4. The molecule has 0 aliphatic carbocycles. The molecule has 1 aromatic heterocycles. The summed E-state index contributed by atoms with van der Waals surface area (Å²) >= 11 is 1.48. The first-order valence-electron chi connectivity index (χ1n) is 3.65. The molecule has 0 saturated heterocycles. The molecule has 0 spiro atoms. The topological polar surface area (TPSA) is 38.9 Å². The Balaban J connectivity index is 2.71. The van der Waals surface area contributed by atoms with Crippen LogP contribution in [0.5, 0.6) is 0 Å². The van der Waals surface area contributed by atoms with Gasteiger partial charge in [0.05, 0.1) is 0 Å². The molecule has 0 aliphatic heterocycles. The van der Waals surface area contributed by atoms with E-state index in [1.54, 1.807) is 0 Å². The fourth-order valence-electron chi connectivity index (χ4n) is 0.677. The highest BCUT2D eigenvalue weighted by molar-refractivity contribution is 7.98. The molecule has 1 heterocycles. The molecule has 0 aromatic carbocycles. The highest BCUT2D eigenvalue weighted by atomic mass is 32.2. The van der Waals surface area contributed by atoms with Crippen molar-refractivity contribution >= 4 is 11.8 Å². The van der Waals surface area contributed by atoms with Gasteiger partial charge in [0.15, 0.2) is 0 Å². The number of hydrogen-bond donors (Lipinski definition) is 0. The molecule has 0 N–H and O–H groups in total. The summed E-state index contributed by atoms with van der Waals surface area (Å²) < 4.78 is 5.33. The SMILES string of the molecule is CCC(C)c1nnc(SC)o1. The van der Waals surface area contributed by atoms with Gasteiger partial charge in [-0.3, -0.25) is 0 Å². The molecular weight excluding hydrogens is 160 g/mol. The van der Waals surface area contributed by atoms with E-state index in [1.165, 1.54) is 11.8 Å². The van der Waals surface area contributed by atoms with Crippen LogP contribution < -0.4 is 0 Å². The van der Waals surface area contributed by atoms with Gasteiger partial charge >= 0.3 is 0 Å². The molecule has 1 atom stereocenters. The maximum absolute atomic E-state index is 5.33. The Morgan fingerprint density at radius 3 is 2.73 bits per heavy atom. The van der Waals surface area contributed by atoms with Crippen LogP contribution in [-0.2, 0) is 0 Å². The smallest absolute Gasteiger partial charge is 0.276 e. The molecule has 1 aromatic rings. The van der Waals surface area contributed by atoms with Crippen LogP contribution in [0.2, 0.25) is 0 Å². The van der Waals surface area contributed by atoms with E-state index >= 15 is 0 Å². The summed E-state index contributed by atoms with van der Waals surface area (Å²) in [5.74, 6) is 1.13. The van der Waals surface area contributed by atoms with Crippen molar-refractivity contribution in [1.29, 1.82) is 0 Å². The van der Waals surface area contributed by atoms with Crippen LogP contribution in [0.25, 0.3) is 0 Å². The maximum Gasteiger partial charge on any atom is 0.276 e. The summed E-state index contributed by atoms with van der Waals surface area (Å²) in [6.07, 6.45) is 2.96. The van der Waals surface area contributed by atoms with Crippen LogP contribution in [-0.4, -0.2) is 16.5 Å². The first-order valence-corrected chi connectivity index (χ1v) is 4.87. The van der Waals surface area contributed by atoms with Crippen molar-refractivity contribution in [1.82, 2.24) is 10.2 Å². The minimum Gasteiger partial charge on any atom is -0.416 e. The Kier molecular flexibility index (Phi) is 2.93. The average Bonchev–Trinajstić information content (AvgIpc) is 2.50. The number of hydrogen-bond acceptors (Lipinski definition) is 4. The third kappa shape index (κ3) is 1.96. The first kappa shape index (κ1) is 8.59. The zero-order valence-corrected chi connectivity index (χ0v) is 7.81. The zero-order chi connectivity index (χ0) is 8.27. The van der Waals surface area contributed by atoms with Crippen molar-refractivity contribution in [3.05, 3.63) is 5.89 Å². The molecule has 4 heteroatoms. The summed E-state index contributed by atoms with van der Waals surface area (Å²) in [5, 5.41) is 8.42. The number of nitrogens with zero attached hydrogens (tertiary/aromatic N) is 2. The van der Waals surface area contributed by atoms with Gasteiger partial charge in [-0.1, -0.05) is 25.6 Å². The molecule has 0 amide bonds. The van der Waals surface area contributed by atoms with Crippen molar-refractivity contribution in [2.45, 2.75) is 31.4 Å². The van der Waals surface area contributed by atoms with Crippen molar-refractivity contribution in [3.63, 3.8) is 0 Å². The van der Waals surface area contributed by atoms with Gasteiger partial charge < -0.3 is 4.42 Å². The van der Waals surface area contributed by atoms with Crippen molar-refractivity contribution in [2.24, 2.45) is 0 Å². The lowest BCUT2D eigenvalue weighted by atomic mass is 10.1. The third-order valence-corrected chi connectivity index (χ3v) is 2.14. The van der Waals surface area contributed by atoms with E-state index in [0.717, 1.165) is 12.3 Å². The fraction of sp³-hybridized carbons (Fsp3) is 0.714. The Morgan fingerprint density at radius 1 is 1.55 bits per heavy atom. The Hall–Kier alpha value is -0.510. The second-order valence-electron chi connectivity index (χ2n) is 2.42. The molecule has 0 fully saturated rings. The lowest BCUT2D eigenvalue weighted by Crippen LogP contribution is -1.90. The number of rotatable bonds is 3. The van der Waals surface area contributed by atoms with Crippen LogP contribution in [0, 0.1) is 0 Å². The maximum atomic E-state index is 5.33. The van der Waals surface area contributed by atoms with Gasteiger partial charge in [-0.25, -0.2) is 0 Å². The van der Waals surface area contributed by atoms with E-state index in [1.807, 2.05) is 6.26 Å². The number of aromatic nitrogens is 2. The highest BCUT2D eigenvalue weighted by Gasteiger charge is 2.10. The molecule has 1 rings (SSSR count). The van der Waals surface area contributed by atoms with E-state index in [-0.39, 0.29) is 0 Å². The van der Waals surface area contributed by atoms with Gasteiger partial charge in [0.1, 0.15) is 0 Å². The summed E-state index contributed by atoms with van der Waals surface area (Å²) in [7, 11) is 0. The molecule has 0 bridgehead atoms. The van der Waals surface area contributed by atoms with Crippen molar-refractivity contribution < 1.29 is 4.42 Å². The quantitative estimate of drug-likeness (QED) is 0.656. The zero-order valence-electron chi connectivity index (χ0n) is 7.00. The van der Waals surface area contributed by atoms with Crippen LogP contribution in [0.1, 0.15) is 32.1 Å². The lowest BCUT2D eigenvalue weighted by molar-refractivity contribution is 0.388. The second kappa shape index (κ2) is 3.76. The third-order valence-electron chi connectivity index (χ3n) is 1.63. The summed E-state index contributed by atoms with van der Waals surface area (Å²) in [4.78, 5) is 0. The van der Waals surface area contributed by atoms with Crippen LogP contribution in [0.4, 0.5) is 0 Å². The second-order valence-corrected chi connectivity index (χ2v) is 3.18.